The molecule has 240 valence electrons. The fourth-order valence-electron chi connectivity index (χ4n) is 9.52. The van der Waals surface area contributed by atoms with E-state index in [4.69, 9.17) is 4.42 Å². The van der Waals surface area contributed by atoms with Crippen LogP contribution in [0.1, 0.15) is 98.9 Å². The normalized spacial score (nSPS) is 23.9. The first-order chi connectivity index (χ1) is 22.2. The van der Waals surface area contributed by atoms with Crippen molar-refractivity contribution in [3.05, 3.63) is 77.4 Å². The van der Waals surface area contributed by atoms with Crippen LogP contribution >= 0.6 is 0 Å². The summed E-state index contributed by atoms with van der Waals surface area (Å²) < 4.78 is 6.51. The van der Waals surface area contributed by atoms with E-state index in [1.165, 1.54) is 38.5 Å². The Bertz CT molecular complexity index is 1740. The maximum atomic E-state index is 13.9. The minimum atomic E-state index is 0.00220. The molecule has 0 aliphatic heterocycles. The summed E-state index contributed by atoms with van der Waals surface area (Å²) in [6.45, 7) is 12.2. The summed E-state index contributed by atoms with van der Waals surface area (Å²) in [5.74, 6) is 3.23. The Morgan fingerprint density at radius 2 is 1.54 bits per heavy atom. The van der Waals surface area contributed by atoms with Crippen molar-refractivity contribution in [1.82, 2.24) is 5.32 Å². The largest absolute Gasteiger partial charge is 0.455 e. The Hall–Kier alpha value is -3.86. The lowest BCUT2D eigenvalue weighted by atomic mass is 9.48. The van der Waals surface area contributed by atoms with Gasteiger partial charge >= 0.3 is 0 Å². The lowest BCUT2D eigenvalue weighted by Crippen LogP contribution is -2.55. The number of Topliss-reactive ketones (excluding diaryl/α,β-unsaturated/α-hetero) is 1. The summed E-state index contributed by atoms with van der Waals surface area (Å²) in [4.78, 5) is 29.7. The van der Waals surface area contributed by atoms with Crippen LogP contribution < -0.4 is 10.2 Å². The van der Waals surface area contributed by atoms with Crippen LogP contribution in [0.15, 0.2) is 65.1 Å². The van der Waals surface area contributed by atoms with Crippen LogP contribution in [0.2, 0.25) is 0 Å². The van der Waals surface area contributed by atoms with Crippen LogP contribution in [0.4, 0.5) is 5.69 Å². The molecule has 0 radical (unpaired) electrons. The highest BCUT2D eigenvalue weighted by Gasteiger charge is 2.53. The molecular weight excluding hydrogens is 568 g/mol. The molecule has 1 aromatic heterocycles. The fraction of sp³-hybridized carbons (Fsp3) is 0.463. The highest BCUT2D eigenvalue weighted by Crippen LogP contribution is 2.61. The van der Waals surface area contributed by atoms with Gasteiger partial charge < -0.3 is 14.6 Å². The van der Waals surface area contributed by atoms with Gasteiger partial charge in [-0.1, -0.05) is 48.9 Å². The van der Waals surface area contributed by atoms with Crippen LogP contribution in [0.3, 0.4) is 0 Å². The number of ketones is 1. The Kier molecular flexibility index (Phi) is 8.07. The van der Waals surface area contributed by atoms with Crippen molar-refractivity contribution in [3.8, 4) is 22.5 Å². The van der Waals surface area contributed by atoms with Crippen molar-refractivity contribution >= 4 is 28.3 Å². The van der Waals surface area contributed by atoms with E-state index in [1.807, 2.05) is 37.3 Å². The molecule has 1 N–H and O–H groups in total. The lowest BCUT2D eigenvalue weighted by Gasteiger charge is -2.59. The third-order valence-corrected chi connectivity index (χ3v) is 11.6. The van der Waals surface area contributed by atoms with Gasteiger partial charge in [0.25, 0.3) is 5.91 Å². The first-order valence-corrected chi connectivity index (χ1v) is 17.6. The van der Waals surface area contributed by atoms with Gasteiger partial charge in [0.2, 0.25) is 0 Å². The van der Waals surface area contributed by atoms with Gasteiger partial charge in [0.05, 0.1) is 5.56 Å². The summed E-state index contributed by atoms with van der Waals surface area (Å²) in [7, 11) is 0. The summed E-state index contributed by atoms with van der Waals surface area (Å²) >= 11 is 0. The third-order valence-electron chi connectivity index (χ3n) is 11.6. The van der Waals surface area contributed by atoms with Crippen molar-refractivity contribution < 1.29 is 14.0 Å². The molecule has 4 fully saturated rings. The number of amides is 1. The molecule has 8 rings (SSSR count). The van der Waals surface area contributed by atoms with Crippen LogP contribution in [-0.2, 0) is 0 Å². The van der Waals surface area contributed by atoms with E-state index in [1.54, 1.807) is 0 Å². The highest BCUT2D eigenvalue weighted by atomic mass is 16.3. The second-order valence-corrected chi connectivity index (χ2v) is 14.5. The maximum Gasteiger partial charge on any atom is 0.251 e. The number of rotatable bonds is 10. The van der Waals surface area contributed by atoms with Gasteiger partial charge in [0.15, 0.2) is 5.78 Å². The second-order valence-electron chi connectivity index (χ2n) is 14.5. The van der Waals surface area contributed by atoms with Gasteiger partial charge in [-0.3, -0.25) is 9.59 Å². The average Bonchev–Trinajstić information content (AvgIpc) is 3.43. The zero-order chi connectivity index (χ0) is 32.2. The number of nitrogens with one attached hydrogen (secondary N) is 1. The highest BCUT2D eigenvalue weighted by molar-refractivity contribution is 6.13. The zero-order valence-corrected chi connectivity index (χ0v) is 28.1. The second kappa shape index (κ2) is 12.1. The lowest BCUT2D eigenvalue weighted by molar-refractivity contribution is -0.0688. The molecule has 4 bridgehead atoms. The molecule has 4 aliphatic carbocycles. The SMILES string of the molecule is CCC(=O)c1c(-c2ccc(C)cc2)oc2cc(N(CC)CC)c(-c3cccc(C(=O)NC(C)C45CC6CC(CC(C6)C4)C5)c3)cc12. The number of fused-ring (bicyclic) bond motifs is 1. The molecule has 1 atom stereocenters. The Morgan fingerprint density at radius 1 is 0.891 bits per heavy atom. The summed E-state index contributed by atoms with van der Waals surface area (Å²) in [6.07, 6.45) is 8.38. The van der Waals surface area contributed by atoms with E-state index in [0.717, 1.165) is 64.2 Å². The topological polar surface area (TPSA) is 62.6 Å². The monoisotopic (exact) mass is 616 g/mol. The number of hydrogen-bond acceptors (Lipinski definition) is 4. The van der Waals surface area contributed by atoms with Gasteiger partial charge in [0, 0.05) is 59.4 Å². The number of furan rings is 1. The number of anilines is 1. The first kappa shape index (κ1) is 30.8. The smallest absolute Gasteiger partial charge is 0.251 e. The predicted octanol–water partition coefficient (Wildman–Crippen LogP) is 9.85. The van der Waals surface area contributed by atoms with E-state index in [9.17, 15) is 9.59 Å². The molecule has 1 unspecified atom stereocenters. The number of hydrogen-bond donors (Lipinski definition) is 1. The van der Waals surface area contributed by atoms with E-state index in [0.29, 0.717) is 28.9 Å². The first-order valence-electron chi connectivity index (χ1n) is 17.6. The molecule has 4 aliphatic rings. The van der Waals surface area contributed by atoms with E-state index >= 15 is 0 Å². The van der Waals surface area contributed by atoms with Crippen molar-refractivity contribution in [2.24, 2.45) is 23.2 Å². The number of carbonyl (C=O) groups is 2. The molecular formula is C41H48N2O3. The van der Waals surface area contributed by atoms with Crippen molar-refractivity contribution in [2.75, 3.05) is 18.0 Å². The van der Waals surface area contributed by atoms with Crippen LogP contribution in [0, 0.1) is 30.1 Å². The molecule has 3 aromatic carbocycles. The minimum Gasteiger partial charge on any atom is -0.455 e. The number of benzene rings is 3. The van der Waals surface area contributed by atoms with E-state index in [2.05, 4.69) is 68.2 Å². The summed E-state index contributed by atoms with van der Waals surface area (Å²) in [5.41, 5.74) is 7.33. The molecule has 1 amide bonds. The van der Waals surface area contributed by atoms with Gasteiger partial charge in [-0.2, -0.15) is 0 Å². The molecule has 1 heterocycles. The molecule has 4 saturated carbocycles. The summed E-state index contributed by atoms with van der Waals surface area (Å²) in [6, 6.07) is 20.5. The number of aryl methyl sites for hydroxylation is 1. The average molecular weight is 617 g/mol. The van der Waals surface area contributed by atoms with Crippen molar-refractivity contribution in [2.45, 2.75) is 85.6 Å². The molecule has 0 saturated heterocycles. The number of carbonyl (C=O) groups excluding carboxylic acids is 2. The standard InChI is InChI=1S/C41H48N2O3/c1-6-36(44)38-34-20-33(35(43(7-2)8-3)21-37(34)46-39(38)30-14-12-25(4)13-15-30)31-10-9-11-32(19-31)40(45)42-26(5)41-22-27-16-28(23-41)18-29(17-27)24-41/h9-15,19-21,26-29H,6-8,16-18,22-24H2,1-5H3,(H,42,45). The fourth-order valence-corrected chi connectivity index (χ4v) is 9.52. The summed E-state index contributed by atoms with van der Waals surface area (Å²) in [5, 5.41) is 4.29. The molecule has 0 spiro atoms. The van der Waals surface area contributed by atoms with E-state index < -0.39 is 0 Å². The van der Waals surface area contributed by atoms with Gasteiger partial charge in [-0.15, -0.1) is 0 Å². The zero-order valence-electron chi connectivity index (χ0n) is 28.1. The van der Waals surface area contributed by atoms with E-state index in [-0.39, 0.29) is 23.1 Å². The Labute approximate surface area is 273 Å². The van der Waals surface area contributed by atoms with Crippen molar-refractivity contribution in [1.29, 1.82) is 0 Å². The molecule has 5 nitrogen and oxygen atoms in total. The van der Waals surface area contributed by atoms with Gasteiger partial charge in [0.1, 0.15) is 11.3 Å². The minimum absolute atomic E-state index is 0.00220. The quantitative estimate of drug-likeness (QED) is 0.180. The van der Waals surface area contributed by atoms with Gasteiger partial charge in [-0.05, 0) is 113 Å². The Balaban J connectivity index is 1.27. The Morgan fingerprint density at radius 3 is 2.15 bits per heavy atom. The van der Waals surface area contributed by atoms with Crippen LogP contribution in [0.5, 0.6) is 0 Å². The molecule has 5 heteroatoms. The molecule has 4 aromatic rings. The maximum absolute atomic E-state index is 13.9. The van der Waals surface area contributed by atoms with Crippen LogP contribution in [0.25, 0.3) is 33.4 Å². The van der Waals surface area contributed by atoms with Crippen molar-refractivity contribution in [3.63, 3.8) is 0 Å². The predicted molar refractivity (Wildman–Crippen MR) is 188 cm³/mol. The third kappa shape index (κ3) is 5.36. The van der Waals surface area contributed by atoms with Gasteiger partial charge in [-0.25, -0.2) is 0 Å². The molecule has 46 heavy (non-hydrogen) atoms. The number of nitrogens with zero attached hydrogens (tertiary/aromatic N) is 1. The van der Waals surface area contributed by atoms with Crippen LogP contribution in [-0.4, -0.2) is 30.8 Å².